The lowest BCUT2D eigenvalue weighted by atomic mass is 9.96. The molecule has 172 valence electrons. The number of carbonyl (C=O) groups is 1. The first-order valence-corrected chi connectivity index (χ1v) is 11.2. The van der Waals surface area contributed by atoms with Crippen LogP contribution in [0.1, 0.15) is 30.0 Å². The van der Waals surface area contributed by atoms with Crippen LogP contribution in [-0.4, -0.2) is 31.7 Å². The van der Waals surface area contributed by atoms with Crippen molar-refractivity contribution >= 4 is 33.6 Å². The van der Waals surface area contributed by atoms with Gasteiger partial charge in [-0.2, -0.15) is 0 Å². The molecule has 0 saturated heterocycles. The third-order valence-electron chi connectivity index (χ3n) is 6.34. The van der Waals surface area contributed by atoms with E-state index < -0.39 is 5.97 Å². The van der Waals surface area contributed by atoms with Crippen LogP contribution in [0.3, 0.4) is 0 Å². The van der Waals surface area contributed by atoms with Gasteiger partial charge in [0.1, 0.15) is 17.1 Å². The summed E-state index contributed by atoms with van der Waals surface area (Å²) in [5, 5.41) is 9.82. The van der Waals surface area contributed by atoms with Crippen molar-refractivity contribution in [3.63, 3.8) is 0 Å². The first-order valence-electron chi connectivity index (χ1n) is 11.2. The van der Waals surface area contributed by atoms with Crippen molar-refractivity contribution in [1.29, 1.82) is 0 Å². The Bertz CT molecular complexity index is 1630. The molecule has 1 aliphatic carbocycles. The molecule has 0 fully saturated rings. The first kappa shape index (κ1) is 20.5. The lowest BCUT2D eigenvalue weighted by molar-refractivity contribution is -0.147. The number of benzene rings is 2. The number of rotatable bonds is 5. The van der Waals surface area contributed by atoms with Gasteiger partial charge in [-0.3, -0.25) is 13.8 Å². The molecule has 2 aromatic carbocycles. The van der Waals surface area contributed by atoms with Gasteiger partial charge in [0.2, 0.25) is 5.78 Å². The minimum absolute atomic E-state index is 0.0974. The maximum Gasteiger partial charge on any atom is 0.344 e. The summed E-state index contributed by atoms with van der Waals surface area (Å²) in [6.07, 6.45) is 4.27. The highest BCUT2D eigenvalue weighted by Crippen LogP contribution is 2.33. The standard InChI is InChI=1S/C25H22N4O5/c1-28-24(31)17-7-2-4-8-19(17)29-22(26-27-25(28)29)13-33-23(30)14-32-15-10-11-21-18(12-15)16-6-3-5-9-20(16)34-21/h2,4,7-8,10-12H,3,5-6,9,13-14H2,1H3. The van der Waals surface area contributed by atoms with Crippen LogP contribution in [0.25, 0.3) is 27.6 Å². The van der Waals surface area contributed by atoms with Crippen molar-refractivity contribution in [2.45, 2.75) is 32.3 Å². The molecule has 9 nitrogen and oxygen atoms in total. The fourth-order valence-corrected chi connectivity index (χ4v) is 4.65. The molecule has 3 aromatic heterocycles. The molecule has 34 heavy (non-hydrogen) atoms. The number of fused-ring (bicyclic) bond motifs is 6. The van der Waals surface area contributed by atoms with Crippen LogP contribution in [0, 0.1) is 0 Å². The molecule has 0 radical (unpaired) electrons. The molecule has 0 atom stereocenters. The van der Waals surface area contributed by atoms with Crippen LogP contribution in [0.4, 0.5) is 0 Å². The quantitative estimate of drug-likeness (QED) is 0.372. The van der Waals surface area contributed by atoms with Gasteiger partial charge in [0.25, 0.3) is 5.56 Å². The Labute approximate surface area is 193 Å². The Hall–Kier alpha value is -4.14. The van der Waals surface area contributed by atoms with E-state index in [4.69, 9.17) is 13.9 Å². The second kappa shape index (κ2) is 8.02. The molecule has 1 aliphatic rings. The number of nitrogens with zero attached hydrogens (tertiary/aromatic N) is 4. The Morgan fingerprint density at radius 2 is 1.94 bits per heavy atom. The normalized spacial score (nSPS) is 13.4. The van der Waals surface area contributed by atoms with Crippen LogP contribution in [0.5, 0.6) is 5.75 Å². The minimum atomic E-state index is -0.528. The van der Waals surface area contributed by atoms with Crippen molar-refractivity contribution in [2.75, 3.05) is 6.61 Å². The summed E-state index contributed by atoms with van der Waals surface area (Å²) < 4.78 is 20.2. The number of hydrogen-bond donors (Lipinski definition) is 0. The number of esters is 1. The molecule has 0 saturated carbocycles. The Balaban J connectivity index is 1.18. The SMILES string of the molecule is Cn1c(=O)c2ccccc2n2c(COC(=O)COc3ccc4oc5c(c4c3)CCCC5)nnc12. The molecule has 0 unspecified atom stereocenters. The fraction of sp³-hybridized carbons (Fsp3) is 0.280. The van der Waals surface area contributed by atoms with Gasteiger partial charge in [-0.05, 0) is 49.6 Å². The van der Waals surface area contributed by atoms with E-state index in [1.807, 2.05) is 24.3 Å². The lowest BCUT2D eigenvalue weighted by Crippen LogP contribution is -2.21. The Kier molecular flexibility index (Phi) is 4.83. The van der Waals surface area contributed by atoms with Gasteiger partial charge in [0.05, 0.1) is 10.9 Å². The van der Waals surface area contributed by atoms with Gasteiger partial charge in [0, 0.05) is 24.4 Å². The van der Waals surface area contributed by atoms with Gasteiger partial charge in [-0.1, -0.05) is 12.1 Å². The number of para-hydroxylation sites is 1. The summed E-state index contributed by atoms with van der Waals surface area (Å²) >= 11 is 0. The molecular formula is C25H22N4O5. The van der Waals surface area contributed by atoms with E-state index >= 15 is 0 Å². The number of carbonyl (C=O) groups excluding carboxylic acids is 1. The second-order valence-electron chi connectivity index (χ2n) is 8.45. The van der Waals surface area contributed by atoms with Crippen molar-refractivity contribution < 1.29 is 18.7 Å². The summed E-state index contributed by atoms with van der Waals surface area (Å²) in [6.45, 7) is -0.332. The molecule has 6 rings (SSSR count). The zero-order valence-corrected chi connectivity index (χ0v) is 18.6. The molecule has 0 bridgehead atoms. The average Bonchev–Trinajstić information content (AvgIpc) is 3.46. The molecule has 9 heteroatoms. The van der Waals surface area contributed by atoms with E-state index in [0.29, 0.717) is 28.3 Å². The van der Waals surface area contributed by atoms with E-state index in [-0.39, 0.29) is 18.8 Å². The maximum absolute atomic E-state index is 12.6. The molecule has 3 heterocycles. The van der Waals surface area contributed by atoms with Crippen LogP contribution >= 0.6 is 0 Å². The fourth-order valence-electron chi connectivity index (χ4n) is 4.65. The van der Waals surface area contributed by atoms with Crippen molar-refractivity contribution in [3.8, 4) is 5.75 Å². The lowest BCUT2D eigenvalue weighted by Gasteiger charge is -2.10. The van der Waals surface area contributed by atoms with Gasteiger partial charge in [0.15, 0.2) is 19.0 Å². The molecule has 0 amide bonds. The topological polar surface area (TPSA) is 101 Å². The largest absolute Gasteiger partial charge is 0.482 e. The number of aromatic nitrogens is 4. The molecule has 5 aromatic rings. The Morgan fingerprint density at radius 3 is 2.85 bits per heavy atom. The predicted molar refractivity (Wildman–Crippen MR) is 124 cm³/mol. The molecule has 0 spiro atoms. The van der Waals surface area contributed by atoms with Crippen molar-refractivity contribution in [2.24, 2.45) is 7.05 Å². The molecular weight excluding hydrogens is 436 g/mol. The minimum Gasteiger partial charge on any atom is -0.482 e. The van der Waals surface area contributed by atoms with E-state index in [2.05, 4.69) is 10.2 Å². The first-order chi connectivity index (χ1) is 16.6. The smallest absolute Gasteiger partial charge is 0.344 e. The van der Waals surface area contributed by atoms with Gasteiger partial charge in [-0.25, -0.2) is 4.79 Å². The van der Waals surface area contributed by atoms with Gasteiger partial charge in [-0.15, -0.1) is 10.2 Å². The summed E-state index contributed by atoms with van der Waals surface area (Å²) in [4.78, 5) is 25.0. The third-order valence-corrected chi connectivity index (χ3v) is 6.34. The van der Waals surface area contributed by atoms with Crippen LogP contribution in [0.15, 0.2) is 51.7 Å². The summed E-state index contributed by atoms with van der Waals surface area (Å²) in [6, 6.07) is 12.8. The molecule has 0 aliphatic heterocycles. The predicted octanol–water partition coefficient (Wildman–Crippen LogP) is 3.33. The number of furan rings is 1. The zero-order chi connectivity index (χ0) is 23.2. The summed E-state index contributed by atoms with van der Waals surface area (Å²) in [5.41, 5.74) is 2.59. The number of hydrogen-bond acceptors (Lipinski definition) is 7. The van der Waals surface area contributed by atoms with Crippen molar-refractivity contribution in [1.82, 2.24) is 19.2 Å². The van der Waals surface area contributed by atoms with Crippen molar-refractivity contribution in [3.05, 3.63) is 70.0 Å². The van der Waals surface area contributed by atoms with E-state index in [1.165, 1.54) is 10.1 Å². The highest BCUT2D eigenvalue weighted by atomic mass is 16.6. The Morgan fingerprint density at radius 1 is 1.09 bits per heavy atom. The van der Waals surface area contributed by atoms with E-state index in [1.54, 1.807) is 29.6 Å². The average molecular weight is 458 g/mol. The highest BCUT2D eigenvalue weighted by molar-refractivity contribution is 5.84. The zero-order valence-electron chi connectivity index (χ0n) is 18.6. The summed E-state index contributed by atoms with van der Waals surface area (Å²) in [5.74, 6) is 1.92. The monoisotopic (exact) mass is 458 g/mol. The third kappa shape index (κ3) is 3.32. The summed E-state index contributed by atoms with van der Waals surface area (Å²) in [7, 11) is 1.64. The number of aryl methyl sites for hydroxylation is 3. The van der Waals surface area contributed by atoms with E-state index in [9.17, 15) is 9.59 Å². The number of ether oxygens (including phenoxy) is 2. The molecule has 0 N–H and O–H groups in total. The van der Waals surface area contributed by atoms with Crippen LogP contribution in [-0.2, 0) is 36.0 Å². The van der Waals surface area contributed by atoms with Gasteiger partial charge >= 0.3 is 5.97 Å². The highest BCUT2D eigenvalue weighted by Gasteiger charge is 2.19. The van der Waals surface area contributed by atoms with Crippen LogP contribution < -0.4 is 10.3 Å². The van der Waals surface area contributed by atoms with Gasteiger partial charge < -0.3 is 13.9 Å². The van der Waals surface area contributed by atoms with Crippen LogP contribution in [0.2, 0.25) is 0 Å². The maximum atomic E-state index is 12.6. The second-order valence-corrected chi connectivity index (χ2v) is 8.45. The van der Waals surface area contributed by atoms with E-state index in [0.717, 1.165) is 42.4 Å².